The third-order valence-corrected chi connectivity index (χ3v) is 11.1. The molecule has 10 heteroatoms. The maximum absolute atomic E-state index is 12.7. The molecule has 0 amide bonds. The zero-order valence-electron chi connectivity index (χ0n) is 36.4. The van der Waals surface area contributed by atoms with Crippen LogP contribution >= 0.6 is 7.82 Å². The molecule has 2 atom stereocenters. The zero-order chi connectivity index (χ0) is 40.5. The second kappa shape index (κ2) is 40.9. The number of likely N-dealkylation sites (N-methyl/N-ethyl adjacent to an activating group) is 1. The van der Waals surface area contributed by atoms with Crippen LogP contribution in [-0.4, -0.2) is 68.3 Å². The number of allylic oxidation sites excluding steroid dienone is 2. The normalized spacial score (nSPS) is 13.4. The van der Waals surface area contributed by atoms with Gasteiger partial charge in [0.25, 0.3) is 0 Å². The molecular weight excluding hydrogens is 713 g/mol. The van der Waals surface area contributed by atoms with Crippen LogP contribution in [0.15, 0.2) is 12.2 Å². The molecule has 0 aromatic heterocycles. The summed E-state index contributed by atoms with van der Waals surface area (Å²) in [6.07, 6.45) is 41.1. The number of carbonyl (C=O) groups is 2. The second-order valence-corrected chi connectivity index (χ2v) is 17.4. The molecule has 326 valence electrons. The Morgan fingerprint density at radius 2 is 0.927 bits per heavy atom. The van der Waals surface area contributed by atoms with Gasteiger partial charge in [-0.25, -0.2) is 4.57 Å². The summed E-state index contributed by atoms with van der Waals surface area (Å²) in [5, 5.41) is 0. The molecule has 0 radical (unpaired) electrons. The van der Waals surface area contributed by atoms with Crippen LogP contribution in [0.1, 0.15) is 219 Å². The van der Waals surface area contributed by atoms with Crippen LogP contribution in [0.4, 0.5) is 0 Å². The van der Waals surface area contributed by atoms with Crippen LogP contribution in [0, 0.1) is 0 Å². The molecule has 0 fully saturated rings. The Bertz CT molecular complexity index is 931. The van der Waals surface area contributed by atoms with E-state index in [1.54, 1.807) is 0 Å². The highest BCUT2D eigenvalue weighted by Crippen LogP contribution is 2.43. The van der Waals surface area contributed by atoms with Gasteiger partial charge in [-0.2, -0.15) is 0 Å². The van der Waals surface area contributed by atoms with E-state index in [1.807, 2.05) is 19.0 Å². The number of phosphoric acid groups is 1. The van der Waals surface area contributed by atoms with Gasteiger partial charge in [0.15, 0.2) is 6.10 Å². The van der Waals surface area contributed by atoms with E-state index in [1.165, 1.54) is 154 Å². The molecule has 2 unspecified atom stereocenters. The number of rotatable bonds is 43. The average Bonchev–Trinajstić information content (AvgIpc) is 3.15. The largest absolute Gasteiger partial charge is 0.472 e. The molecule has 0 heterocycles. The first-order chi connectivity index (χ1) is 26.7. The fourth-order valence-electron chi connectivity index (χ4n) is 6.51. The molecule has 0 aliphatic rings. The van der Waals surface area contributed by atoms with E-state index in [0.29, 0.717) is 19.4 Å². The van der Waals surface area contributed by atoms with Gasteiger partial charge in [0.1, 0.15) is 6.61 Å². The predicted octanol–water partition coefficient (Wildman–Crippen LogP) is 13.2. The number of ether oxygens (including phenoxy) is 2. The molecule has 9 nitrogen and oxygen atoms in total. The molecule has 0 rings (SSSR count). The number of nitrogens with zero attached hydrogens (tertiary/aromatic N) is 1. The summed E-state index contributed by atoms with van der Waals surface area (Å²) in [6, 6.07) is 0. The van der Waals surface area contributed by atoms with Gasteiger partial charge >= 0.3 is 19.8 Å². The van der Waals surface area contributed by atoms with Crippen molar-refractivity contribution in [3.05, 3.63) is 12.2 Å². The third kappa shape index (κ3) is 42.2. The highest BCUT2D eigenvalue weighted by atomic mass is 31.2. The summed E-state index contributed by atoms with van der Waals surface area (Å²) in [4.78, 5) is 37.0. The van der Waals surface area contributed by atoms with Crippen molar-refractivity contribution in [2.45, 2.75) is 225 Å². The minimum atomic E-state index is -4.36. The van der Waals surface area contributed by atoms with Crippen molar-refractivity contribution in [2.75, 3.05) is 40.5 Å². The Labute approximate surface area is 339 Å². The van der Waals surface area contributed by atoms with Crippen LogP contribution in [0.5, 0.6) is 0 Å². The van der Waals surface area contributed by atoms with Gasteiger partial charge in [0.05, 0.1) is 13.2 Å². The van der Waals surface area contributed by atoms with Crippen LogP contribution in [0.25, 0.3) is 0 Å². The maximum Gasteiger partial charge on any atom is 0.472 e. The Hall–Kier alpha value is -1.25. The predicted molar refractivity (Wildman–Crippen MR) is 229 cm³/mol. The Morgan fingerprint density at radius 3 is 1.35 bits per heavy atom. The molecule has 0 aliphatic carbocycles. The van der Waals surface area contributed by atoms with Crippen LogP contribution in [-0.2, 0) is 32.7 Å². The van der Waals surface area contributed by atoms with Gasteiger partial charge in [-0.05, 0) is 52.6 Å². The Morgan fingerprint density at radius 1 is 0.545 bits per heavy atom. The number of esters is 2. The summed E-state index contributed by atoms with van der Waals surface area (Å²) in [5.74, 6) is -0.794. The number of hydrogen-bond donors (Lipinski definition) is 1. The highest BCUT2D eigenvalue weighted by Gasteiger charge is 2.26. The van der Waals surface area contributed by atoms with Gasteiger partial charge in [-0.1, -0.05) is 180 Å². The quantitative estimate of drug-likeness (QED) is 0.0279. The lowest BCUT2D eigenvalue weighted by Gasteiger charge is -2.20. The first kappa shape index (κ1) is 53.8. The molecule has 0 aliphatic heterocycles. The molecule has 0 aromatic carbocycles. The molecular formula is C45H88NO8P. The molecule has 0 spiro atoms. The van der Waals surface area contributed by atoms with Crippen LogP contribution < -0.4 is 0 Å². The summed E-state index contributed by atoms with van der Waals surface area (Å²) in [6.45, 7) is 4.35. The van der Waals surface area contributed by atoms with Crippen molar-refractivity contribution < 1.29 is 37.6 Å². The van der Waals surface area contributed by atoms with Crippen LogP contribution in [0.2, 0.25) is 0 Å². The van der Waals surface area contributed by atoms with Crippen molar-refractivity contribution >= 4 is 19.8 Å². The minimum Gasteiger partial charge on any atom is -0.462 e. The minimum absolute atomic E-state index is 0.0103. The van der Waals surface area contributed by atoms with Crippen molar-refractivity contribution in [3.63, 3.8) is 0 Å². The van der Waals surface area contributed by atoms with Crippen molar-refractivity contribution in [1.82, 2.24) is 4.90 Å². The molecule has 55 heavy (non-hydrogen) atoms. The summed E-state index contributed by atoms with van der Waals surface area (Å²) in [5.41, 5.74) is 0. The molecule has 1 N–H and O–H groups in total. The van der Waals surface area contributed by atoms with E-state index < -0.39 is 26.5 Å². The molecule has 0 bridgehead atoms. The summed E-state index contributed by atoms with van der Waals surface area (Å²) in [7, 11) is -0.702. The van der Waals surface area contributed by atoms with Gasteiger partial charge in [0, 0.05) is 19.4 Å². The monoisotopic (exact) mass is 802 g/mol. The number of unbranched alkanes of at least 4 members (excludes halogenated alkanes) is 27. The number of hydrogen-bond acceptors (Lipinski definition) is 8. The third-order valence-electron chi connectivity index (χ3n) is 10.1. The fraction of sp³-hybridized carbons (Fsp3) is 0.911. The zero-order valence-corrected chi connectivity index (χ0v) is 37.3. The van der Waals surface area contributed by atoms with Crippen molar-refractivity contribution in [3.8, 4) is 0 Å². The van der Waals surface area contributed by atoms with E-state index in [2.05, 4.69) is 26.0 Å². The maximum atomic E-state index is 12.7. The first-order valence-corrected chi connectivity index (χ1v) is 24.5. The Balaban J connectivity index is 4.21. The smallest absolute Gasteiger partial charge is 0.462 e. The SMILES string of the molecule is CCCCCCCC/C=C\CCCCCCCCCCCC(=O)OC(COC(=O)CCCCCCCCCCCCCCC)COP(=O)(O)OCCN(C)C. The number of carbonyl (C=O) groups excluding carboxylic acids is 2. The number of phosphoric ester groups is 1. The van der Waals surface area contributed by atoms with Gasteiger partial charge < -0.3 is 19.3 Å². The topological polar surface area (TPSA) is 112 Å². The molecule has 0 aromatic rings. The lowest BCUT2D eigenvalue weighted by Crippen LogP contribution is -2.29. The lowest BCUT2D eigenvalue weighted by atomic mass is 10.0. The average molecular weight is 802 g/mol. The van der Waals surface area contributed by atoms with Crippen LogP contribution in [0.3, 0.4) is 0 Å². The fourth-order valence-corrected chi connectivity index (χ4v) is 7.25. The van der Waals surface area contributed by atoms with E-state index in [9.17, 15) is 19.0 Å². The van der Waals surface area contributed by atoms with Crippen molar-refractivity contribution in [2.24, 2.45) is 0 Å². The Kier molecular flexibility index (Phi) is 40.0. The lowest BCUT2D eigenvalue weighted by molar-refractivity contribution is -0.161. The summed E-state index contributed by atoms with van der Waals surface area (Å²) >= 11 is 0. The van der Waals surface area contributed by atoms with E-state index in [0.717, 1.165) is 32.1 Å². The van der Waals surface area contributed by atoms with Gasteiger partial charge in [0.2, 0.25) is 0 Å². The highest BCUT2D eigenvalue weighted by molar-refractivity contribution is 7.47. The van der Waals surface area contributed by atoms with E-state index in [-0.39, 0.29) is 25.6 Å². The van der Waals surface area contributed by atoms with Gasteiger partial charge in [-0.15, -0.1) is 0 Å². The molecule has 0 saturated heterocycles. The van der Waals surface area contributed by atoms with Gasteiger partial charge in [-0.3, -0.25) is 18.6 Å². The standard InChI is InChI=1S/C45H88NO8P/c1-5-7-9-11-13-15-17-19-20-21-22-23-24-26-28-30-32-34-36-38-45(48)54-43(42-53-55(49,50)52-40-39-46(3)4)41-51-44(47)37-35-33-31-29-27-25-18-16-14-12-10-8-6-2/h19-20,43H,5-18,21-42H2,1-4H3,(H,49,50)/b20-19-. The van der Waals surface area contributed by atoms with E-state index in [4.69, 9.17) is 18.5 Å². The molecule has 0 saturated carbocycles. The first-order valence-electron chi connectivity index (χ1n) is 23.0. The summed E-state index contributed by atoms with van der Waals surface area (Å²) < 4.78 is 33.5. The second-order valence-electron chi connectivity index (χ2n) is 15.9. The van der Waals surface area contributed by atoms with Crippen molar-refractivity contribution in [1.29, 1.82) is 0 Å². The van der Waals surface area contributed by atoms with E-state index >= 15 is 0 Å².